The highest BCUT2D eigenvalue weighted by atomic mass is 35.5. The smallest absolute Gasteiger partial charge is 0.407 e. The molecule has 1 amide bonds. The van der Waals surface area contributed by atoms with Gasteiger partial charge >= 0.3 is 30.0 Å². The lowest BCUT2D eigenvalue weighted by Crippen LogP contribution is -2.64. The highest BCUT2D eigenvalue weighted by molar-refractivity contribution is 6.32. The number of phenolic OH excluding ortho intramolecular Hbond substituents is 2. The van der Waals surface area contributed by atoms with E-state index in [4.69, 9.17) is 59.0 Å². The van der Waals surface area contributed by atoms with Crippen molar-refractivity contribution in [1.82, 2.24) is 5.32 Å². The predicted octanol–water partition coefficient (Wildman–Crippen LogP) is 1.69. The molecule has 3 aromatic carbocycles. The molecule has 2 aliphatic carbocycles. The van der Waals surface area contributed by atoms with Crippen LogP contribution < -0.4 is 14.8 Å². The molecule has 2 aliphatic heterocycles. The molecule has 2 saturated heterocycles. The number of fused-ring (bicyclic) bond motifs is 3. The summed E-state index contributed by atoms with van der Waals surface area (Å²) in [4.78, 5) is 103. The Morgan fingerprint density at radius 1 is 0.849 bits per heavy atom. The van der Waals surface area contributed by atoms with Gasteiger partial charge in [-0.05, 0) is 30.7 Å². The molecule has 11 atom stereocenters. The van der Waals surface area contributed by atoms with Gasteiger partial charge < -0.3 is 78.2 Å². The number of esters is 4. The van der Waals surface area contributed by atoms with Gasteiger partial charge in [0.15, 0.2) is 36.2 Å². The number of halogens is 1. The number of rotatable bonds is 14. The predicted molar refractivity (Wildman–Crippen MR) is 240 cm³/mol. The van der Waals surface area contributed by atoms with Gasteiger partial charge in [-0.2, -0.15) is 0 Å². The number of ether oxygens (including phenoxy) is 10. The Morgan fingerprint density at radius 3 is 2.14 bits per heavy atom. The van der Waals surface area contributed by atoms with Crippen LogP contribution in [0.2, 0.25) is 5.02 Å². The SMILES string of the molecule is COC(=O)[C@H]1O[C@@H](Oc2ccc(COC(=O)N[C@H]3C[C@H](O[C@H]4C[C@](O)(C(=O)CO)Cc5c(O)c6c(c(O)c54)C(=O)c4c(OC)cccc4C6=O)O[C@@H](C)[C@H]3O)cc2Cl)[C@H](OC(C)=O)[C@@H](OC(C)=O)[C@@H]1OC(C)=O. The van der Waals surface area contributed by atoms with Gasteiger partial charge in [-0.3, -0.25) is 28.8 Å². The first kappa shape index (κ1) is 53.9. The van der Waals surface area contributed by atoms with Gasteiger partial charge in [-0.1, -0.05) is 29.8 Å². The van der Waals surface area contributed by atoms with Crippen molar-refractivity contribution in [2.45, 2.75) is 121 Å². The first-order valence-electron chi connectivity index (χ1n) is 22.4. The summed E-state index contributed by atoms with van der Waals surface area (Å²) < 4.78 is 55.4. The monoisotopic (exact) mass is 1040 g/mol. The maximum absolute atomic E-state index is 14.0. The fourth-order valence-electron chi connectivity index (χ4n) is 9.23. The number of carbonyl (C=O) groups is 8. The Morgan fingerprint density at radius 2 is 1.51 bits per heavy atom. The van der Waals surface area contributed by atoms with Crippen molar-refractivity contribution >= 4 is 58.9 Å². The first-order chi connectivity index (χ1) is 34.5. The summed E-state index contributed by atoms with van der Waals surface area (Å²) in [7, 11) is 2.29. The number of amides is 1. The topological polar surface area (TPSA) is 342 Å². The average Bonchev–Trinajstić information content (AvgIpc) is 3.33. The van der Waals surface area contributed by atoms with Gasteiger partial charge in [0.2, 0.25) is 18.2 Å². The molecule has 2 fully saturated rings. The number of carbonyl (C=O) groups excluding carboxylic acids is 8. The molecule has 0 aromatic heterocycles. The van der Waals surface area contributed by atoms with Crippen LogP contribution in [-0.2, 0) is 74.9 Å². The number of hydrogen-bond donors (Lipinski definition) is 6. The van der Waals surface area contributed by atoms with Gasteiger partial charge in [0.1, 0.15) is 47.9 Å². The van der Waals surface area contributed by atoms with Crippen molar-refractivity contribution < 1.29 is 111 Å². The average molecular weight is 1040 g/mol. The van der Waals surface area contributed by atoms with Crippen LogP contribution in [0.4, 0.5) is 4.79 Å². The van der Waals surface area contributed by atoms with Crippen molar-refractivity contribution in [2.24, 2.45) is 0 Å². The number of ketones is 3. The van der Waals surface area contributed by atoms with Crippen molar-refractivity contribution in [3.8, 4) is 23.0 Å². The molecule has 0 saturated carbocycles. The summed E-state index contributed by atoms with van der Waals surface area (Å²) in [6.07, 6.45) is -16.6. The molecule has 7 rings (SSSR count). The second kappa shape index (κ2) is 21.7. The molecule has 2 heterocycles. The molecular weight excluding hydrogens is 994 g/mol. The van der Waals surface area contributed by atoms with E-state index in [9.17, 15) is 63.9 Å². The Hall–Kier alpha value is -6.93. The number of phenols is 2. The number of benzene rings is 3. The lowest BCUT2D eigenvalue weighted by Gasteiger charge is -2.43. The third kappa shape index (κ3) is 10.8. The molecule has 0 unspecified atom stereocenters. The third-order valence-corrected chi connectivity index (χ3v) is 12.8. The lowest BCUT2D eigenvalue weighted by atomic mass is 9.72. The maximum atomic E-state index is 14.0. The molecule has 0 radical (unpaired) electrons. The second-order valence-corrected chi connectivity index (χ2v) is 17.8. The van der Waals surface area contributed by atoms with Crippen LogP contribution in [0.1, 0.15) is 95.2 Å². The van der Waals surface area contributed by atoms with Crippen LogP contribution in [0, 0.1) is 0 Å². The van der Waals surface area contributed by atoms with E-state index in [1.807, 2.05) is 0 Å². The normalized spacial score (nSPS) is 27.2. The summed E-state index contributed by atoms with van der Waals surface area (Å²) >= 11 is 6.56. The summed E-state index contributed by atoms with van der Waals surface area (Å²) in [5, 5.41) is 58.5. The zero-order chi connectivity index (χ0) is 53.4. The van der Waals surface area contributed by atoms with Crippen LogP contribution >= 0.6 is 11.6 Å². The minimum absolute atomic E-state index is 0.0108. The molecule has 3 aromatic rings. The van der Waals surface area contributed by atoms with E-state index in [-0.39, 0.29) is 50.8 Å². The lowest BCUT2D eigenvalue weighted by molar-refractivity contribution is -0.282. The molecule has 0 spiro atoms. The van der Waals surface area contributed by atoms with Gasteiger partial charge in [-0.25, -0.2) is 9.59 Å². The molecule has 4 aliphatic rings. The number of methoxy groups -OCH3 is 2. The van der Waals surface area contributed by atoms with Gasteiger partial charge in [0, 0.05) is 56.7 Å². The largest absolute Gasteiger partial charge is 0.507 e. The van der Waals surface area contributed by atoms with Gasteiger partial charge in [0.05, 0.1) is 54.2 Å². The van der Waals surface area contributed by atoms with Crippen LogP contribution in [0.3, 0.4) is 0 Å². The molecule has 0 bridgehead atoms. The number of alkyl carbamates (subject to hydrolysis) is 1. The minimum Gasteiger partial charge on any atom is -0.507 e. The van der Waals surface area contributed by atoms with Crippen LogP contribution in [-0.4, -0.2) is 155 Å². The highest BCUT2D eigenvalue weighted by Gasteiger charge is 2.56. The van der Waals surface area contributed by atoms with Gasteiger partial charge in [0.25, 0.3) is 0 Å². The van der Waals surface area contributed by atoms with E-state index in [0.29, 0.717) is 0 Å². The number of aromatic hydroxyl groups is 2. The molecule has 6 N–H and O–H groups in total. The summed E-state index contributed by atoms with van der Waals surface area (Å²) in [5.74, 6) is -8.35. The van der Waals surface area contributed by atoms with Crippen LogP contribution in [0.15, 0.2) is 36.4 Å². The fourth-order valence-corrected chi connectivity index (χ4v) is 9.48. The van der Waals surface area contributed by atoms with E-state index in [0.717, 1.165) is 27.9 Å². The fraction of sp³-hybridized carbons (Fsp3) is 0.458. The van der Waals surface area contributed by atoms with Gasteiger partial charge in [-0.15, -0.1) is 0 Å². The number of aliphatic hydroxyl groups excluding tert-OH is 2. The van der Waals surface area contributed by atoms with Crippen LogP contribution in [0.25, 0.3) is 0 Å². The Labute approximate surface area is 419 Å². The Kier molecular flexibility index (Phi) is 16.0. The second-order valence-electron chi connectivity index (χ2n) is 17.4. The number of hydrogen-bond acceptors (Lipinski definition) is 23. The summed E-state index contributed by atoms with van der Waals surface area (Å²) in [6.45, 7) is 2.94. The van der Waals surface area contributed by atoms with E-state index in [1.165, 1.54) is 50.4 Å². The standard InChI is InChI=1S/C48H50ClNO23/c1-18-36(56)26(50-47(62)66-17-22-10-11-27(25(49)12-22)72-46-44(70-21(4)54)42(69-20(3)53)41(68-19(2)52)43(73-46)45(61)65-6)13-31(67-18)71-29-15-48(63,30(55)16-51)14-24-33(29)40(60)35-34(38(24)58)37(57)23-8-7-9-28(64-5)32(23)39(35)59/h7-12,18,26,29,31,36,41-44,46,51,56,58,60,63H,13-17H2,1-6H3,(H,50,62)/t18-,26-,29-,31-,36+,41-,42-,43-,44+,46+,48-/m0/s1. The number of nitrogens with one attached hydrogen (secondary N) is 1. The molecule has 25 heteroatoms. The number of Topliss-reactive ketones (excluding diaryl/α,β-unsaturated/α-hetero) is 1. The van der Waals surface area contributed by atoms with Crippen molar-refractivity contribution in [3.05, 3.63) is 80.4 Å². The van der Waals surface area contributed by atoms with Crippen LogP contribution in [0.5, 0.6) is 23.0 Å². The Balaban J connectivity index is 1.07. The zero-order valence-electron chi connectivity index (χ0n) is 39.7. The number of aliphatic hydroxyl groups is 3. The zero-order valence-corrected chi connectivity index (χ0v) is 40.5. The minimum atomic E-state index is -2.43. The molecular formula is C48H50ClNO23. The quantitative estimate of drug-likeness (QED) is 0.0594. The van der Waals surface area contributed by atoms with E-state index in [1.54, 1.807) is 0 Å². The Bertz CT molecular complexity index is 2740. The molecule has 392 valence electrons. The maximum Gasteiger partial charge on any atom is 0.407 e. The van der Waals surface area contributed by atoms with E-state index in [2.05, 4.69) is 5.32 Å². The van der Waals surface area contributed by atoms with E-state index >= 15 is 0 Å². The van der Waals surface area contributed by atoms with Crippen molar-refractivity contribution in [2.75, 3.05) is 20.8 Å². The molecule has 24 nitrogen and oxygen atoms in total. The first-order valence-corrected chi connectivity index (χ1v) is 22.8. The van der Waals surface area contributed by atoms with Crippen molar-refractivity contribution in [3.63, 3.8) is 0 Å². The summed E-state index contributed by atoms with van der Waals surface area (Å²) in [5.41, 5.74) is -4.25. The van der Waals surface area contributed by atoms with Crippen molar-refractivity contribution in [1.29, 1.82) is 0 Å². The third-order valence-electron chi connectivity index (χ3n) is 12.5. The highest BCUT2D eigenvalue weighted by Crippen LogP contribution is 2.52. The summed E-state index contributed by atoms with van der Waals surface area (Å²) in [6, 6.07) is 7.07. The molecule has 73 heavy (non-hydrogen) atoms. The van der Waals surface area contributed by atoms with E-state index < -0.39 is 163 Å².